The standard InChI is InChI=1S/C11H11NO/c1-10-5-2-3-6-11(10)7-4-8-12-9-13/h2-6,8H,7H2,1H3. The minimum Gasteiger partial charge on any atom is -0.211 e. The van der Waals surface area contributed by atoms with Gasteiger partial charge in [-0.25, -0.2) is 4.79 Å². The van der Waals surface area contributed by atoms with Gasteiger partial charge in [-0.05, 0) is 24.5 Å². The van der Waals surface area contributed by atoms with E-state index >= 15 is 0 Å². The molecule has 2 heteroatoms. The van der Waals surface area contributed by atoms with Crippen molar-refractivity contribution in [2.24, 2.45) is 4.99 Å². The fourth-order valence-electron chi connectivity index (χ4n) is 1.10. The van der Waals surface area contributed by atoms with Crippen LogP contribution in [-0.2, 0) is 11.2 Å². The lowest BCUT2D eigenvalue weighted by Crippen LogP contribution is -1.84. The summed E-state index contributed by atoms with van der Waals surface area (Å²) in [5.41, 5.74) is 2.50. The van der Waals surface area contributed by atoms with E-state index in [1.165, 1.54) is 23.4 Å². The molecule has 0 bridgehead atoms. The molecule has 1 aromatic carbocycles. The van der Waals surface area contributed by atoms with Gasteiger partial charge in [-0.1, -0.05) is 30.3 Å². The lowest BCUT2D eigenvalue weighted by Gasteiger charge is -1.99. The van der Waals surface area contributed by atoms with E-state index in [1.807, 2.05) is 18.2 Å². The number of nitrogens with zero attached hydrogens (tertiary/aromatic N) is 1. The predicted molar refractivity (Wildman–Crippen MR) is 52.1 cm³/mol. The molecule has 0 amide bonds. The van der Waals surface area contributed by atoms with Crippen molar-refractivity contribution in [3.63, 3.8) is 0 Å². The van der Waals surface area contributed by atoms with Crippen molar-refractivity contribution in [3.8, 4) is 0 Å². The Balaban J connectivity index is 2.64. The predicted octanol–water partition coefficient (Wildman–Crippen LogP) is 2.39. The maximum atomic E-state index is 9.74. The van der Waals surface area contributed by atoms with E-state index in [-0.39, 0.29) is 0 Å². The van der Waals surface area contributed by atoms with Gasteiger partial charge in [0.05, 0.1) is 0 Å². The monoisotopic (exact) mass is 173 g/mol. The Morgan fingerprint density at radius 3 is 2.92 bits per heavy atom. The third-order valence-electron chi connectivity index (χ3n) is 1.83. The van der Waals surface area contributed by atoms with Gasteiger partial charge in [-0.3, -0.25) is 0 Å². The van der Waals surface area contributed by atoms with Crippen LogP contribution in [0.2, 0.25) is 0 Å². The number of hydrogen-bond acceptors (Lipinski definition) is 2. The van der Waals surface area contributed by atoms with Crippen molar-refractivity contribution >= 4 is 6.08 Å². The zero-order chi connectivity index (χ0) is 9.52. The van der Waals surface area contributed by atoms with Gasteiger partial charge in [-0.2, -0.15) is 4.99 Å². The molecule has 0 N–H and O–H groups in total. The van der Waals surface area contributed by atoms with E-state index in [0.717, 1.165) is 6.42 Å². The maximum Gasteiger partial charge on any atom is 0.239 e. The summed E-state index contributed by atoms with van der Waals surface area (Å²) in [4.78, 5) is 13.1. The number of benzene rings is 1. The van der Waals surface area contributed by atoms with Crippen molar-refractivity contribution in [1.29, 1.82) is 0 Å². The van der Waals surface area contributed by atoms with Crippen LogP contribution < -0.4 is 0 Å². The molecule has 0 radical (unpaired) electrons. The molecule has 0 saturated heterocycles. The Hall–Kier alpha value is -1.66. The Morgan fingerprint density at radius 1 is 1.46 bits per heavy atom. The number of allylic oxidation sites excluding steroid dienone is 1. The summed E-state index contributed by atoms with van der Waals surface area (Å²) in [6.45, 7) is 2.06. The van der Waals surface area contributed by atoms with Gasteiger partial charge in [0.1, 0.15) is 0 Å². The summed E-state index contributed by atoms with van der Waals surface area (Å²) in [5.74, 6) is 0. The quantitative estimate of drug-likeness (QED) is 0.509. The van der Waals surface area contributed by atoms with Crippen LogP contribution in [0.25, 0.3) is 0 Å². The Morgan fingerprint density at radius 2 is 2.23 bits per heavy atom. The third kappa shape index (κ3) is 3.06. The molecule has 0 aliphatic carbocycles. The minimum atomic E-state index is 0.803. The zero-order valence-corrected chi connectivity index (χ0v) is 7.53. The molecule has 1 rings (SSSR count). The summed E-state index contributed by atoms with van der Waals surface area (Å²) in [7, 11) is 0. The molecule has 0 aromatic heterocycles. The van der Waals surface area contributed by atoms with Crippen LogP contribution in [0.15, 0.2) is 41.5 Å². The topological polar surface area (TPSA) is 29.4 Å². The first-order chi connectivity index (χ1) is 6.34. The molecule has 0 atom stereocenters. The summed E-state index contributed by atoms with van der Waals surface area (Å²) >= 11 is 0. The van der Waals surface area contributed by atoms with Crippen LogP contribution in [0, 0.1) is 6.92 Å². The molecule has 0 aliphatic rings. The first-order valence-electron chi connectivity index (χ1n) is 4.11. The fourth-order valence-corrected chi connectivity index (χ4v) is 1.10. The van der Waals surface area contributed by atoms with Crippen molar-refractivity contribution in [2.75, 3.05) is 0 Å². The van der Waals surface area contributed by atoms with E-state index < -0.39 is 0 Å². The van der Waals surface area contributed by atoms with Crippen LogP contribution in [0.1, 0.15) is 11.1 Å². The van der Waals surface area contributed by atoms with Crippen molar-refractivity contribution in [2.45, 2.75) is 13.3 Å². The maximum absolute atomic E-state index is 9.74. The number of aryl methyl sites for hydroxylation is 1. The Bertz CT molecular complexity index is 349. The lowest BCUT2D eigenvalue weighted by atomic mass is 10.1. The molecule has 1 aromatic rings. The van der Waals surface area contributed by atoms with E-state index in [1.54, 1.807) is 0 Å². The van der Waals surface area contributed by atoms with Crippen LogP contribution in [0.3, 0.4) is 0 Å². The molecule has 66 valence electrons. The van der Waals surface area contributed by atoms with Crippen LogP contribution >= 0.6 is 0 Å². The number of rotatable bonds is 3. The highest BCUT2D eigenvalue weighted by molar-refractivity contribution is 5.35. The van der Waals surface area contributed by atoms with E-state index in [2.05, 4.69) is 24.0 Å². The second kappa shape index (κ2) is 5.07. The van der Waals surface area contributed by atoms with E-state index in [9.17, 15) is 4.79 Å². The highest BCUT2D eigenvalue weighted by Gasteiger charge is 1.91. The molecule has 2 nitrogen and oxygen atoms in total. The summed E-state index contributed by atoms with van der Waals surface area (Å²) < 4.78 is 0. The first kappa shape index (κ1) is 9.43. The average molecular weight is 173 g/mol. The minimum absolute atomic E-state index is 0.803. The van der Waals surface area contributed by atoms with E-state index in [4.69, 9.17) is 0 Å². The van der Waals surface area contributed by atoms with Gasteiger partial charge in [0, 0.05) is 6.20 Å². The first-order valence-corrected chi connectivity index (χ1v) is 4.11. The highest BCUT2D eigenvalue weighted by Crippen LogP contribution is 2.07. The van der Waals surface area contributed by atoms with Crippen molar-refractivity contribution in [1.82, 2.24) is 0 Å². The second-order valence-electron chi connectivity index (χ2n) is 2.74. The molecule has 0 unspecified atom stereocenters. The largest absolute Gasteiger partial charge is 0.239 e. The normalized spacial score (nSPS) is 9.92. The second-order valence-corrected chi connectivity index (χ2v) is 2.74. The third-order valence-corrected chi connectivity index (χ3v) is 1.83. The zero-order valence-electron chi connectivity index (χ0n) is 7.53. The average Bonchev–Trinajstić information content (AvgIpc) is 2.15. The van der Waals surface area contributed by atoms with Crippen LogP contribution in [0.4, 0.5) is 0 Å². The van der Waals surface area contributed by atoms with Gasteiger partial charge in [0.2, 0.25) is 6.08 Å². The molecule has 0 fully saturated rings. The Kier molecular flexibility index (Phi) is 3.68. The SMILES string of the molecule is Cc1ccccc1CC=CN=C=O. The molecular weight excluding hydrogens is 162 g/mol. The molecule has 0 aliphatic heterocycles. The fraction of sp³-hybridized carbons (Fsp3) is 0.182. The van der Waals surface area contributed by atoms with Crippen molar-refractivity contribution < 1.29 is 4.79 Å². The Labute approximate surface area is 77.6 Å². The number of isocyanates is 1. The van der Waals surface area contributed by atoms with Gasteiger partial charge in [0.25, 0.3) is 0 Å². The summed E-state index contributed by atoms with van der Waals surface area (Å²) in [6, 6.07) is 8.13. The van der Waals surface area contributed by atoms with Crippen LogP contribution in [0.5, 0.6) is 0 Å². The number of carbonyl (C=O) groups excluding carboxylic acids is 1. The molecule has 0 saturated carbocycles. The van der Waals surface area contributed by atoms with Gasteiger partial charge >= 0.3 is 0 Å². The summed E-state index contributed by atoms with van der Waals surface area (Å²) in [5, 5.41) is 0. The van der Waals surface area contributed by atoms with Crippen molar-refractivity contribution in [3.05, 3.63) is 47.7 Å². The van der Waals surface area contributed by atoms with Gasteiger partial charge in [0.15, 0.2) is 0 Å². The number of aliphatic imine (C=N–C) groups is 1. The number of hydrogen-bond donors (Lipinski definition) is 0. The lowest BCUT2D eigenvalue weighted by molar-refractivity contribution is 0.565. The highest BCUT2D eigenvalue weighted by atomic mass is 16.1. The molecule has 0 spiro atoms. The van der Waals surface area contributed by atoms with Gasteiger partial charge < -0.3 is 0 Å². The van der Waals surface area contributed by atoms with E-state index in [0.29, 0.717) is 0 Å². The molecular formula is C11H11NO. The molecule has 13 heavy (non-hydrogen) atoms. The summed E-state index contributed by atoms with van der Waals surface area (Å²) in [6.07, 6.45) is 5.57. The van der Waals surface area contributed by atoms with Gasteiger partial charge in [-0.15, -0.1) is 0 Å². The van der Waals surface area contributed by atoms with Crippen LogP contribution in [-0.4, -0.2) is 6.08 Å². The smallest absolute Gasteiger partial charge is 0.211 e. The molecule has 0 heterocycles.